The quantitative estimate of drug-likeness (QED) is 0.930. The molecule has 0 aliphatic heterocycles. The van der Waals surface area contributed by atoms with Gasteiger partial charge in [0.25, 0.3) is 0 Å². The van der Waals surface area contributed by atoms with Crippen LogP contribution < -0.4 is 5.32 Å². The second-order valence-corrected chi connectivity index (χ2v) is 5.06. The number of benzene rings is 1. The van der Waals surface area contributed by atoms with E-state index in [9.17, 15) is 0 Å². The van der Waals surface area contributed by atoms with Crippen molar-refractivity contribution in [3.05, 3.63) is 51.8 Å². The molecule has 0 saturated heterocycles. The van der Waals surface area contributed by atoms with E-state index in [0.29, 0.717) is 10.0 Å². The van der Waals surface area contributed by atoms with E-state index in [-0.39, 0.29) is 6.04 Å². The highest BCUT2D eigenvalue weighted by molar-refractivity contribution is 6.35. The Labute approximate surface area is 117 Å². The molecule has 18 heavy (non-hydrogen) atoms. The third kappa shape index (κ3) is 3.05. The van der Waals surface area contributed by atoms with Crippen LogP contribution in [0.2, 0.25) is 10.0 Å². The van der Waals surface area contributed by atoms with E-state index in [0.717, 1.165) is 17.8 Å². The lowest BCUT2D eigenvalue weighted by Gasteiger charge is -2.16. The number of hydrogen-bond acceptors (Lipinski definition) is 2. The van der Waals surface area contributed by atoms with Crippen molar-refractivity contribution in [1.82, 2.24) is 15.1 Å². The molecule has 1 heterocycles. The molecule has 0 saturated carbocycles. The van der Waals surface area contributed by atoms with Crippen molar-refractivity contribution in [3.63, 3.8) is 0 Å². The van der Waals surface area contributed by atoms with Crippen molar-refractivity contribution < 1.29 is 0 Å². The van der Waals surface area contributed by atoms with Crippen LogP contribution in [0.25, 0.3) is 0 Å². The van der Waals surface area contributed by atoms with Crippen molar-refractivity contribution in [2.24, 2.45) is 7.05 Å². The van der Waals surface area contributed by atoms with Gasteiger partial charge in [0.05, 0.1) is 5.69 Å². The van der Waals surface area contributed by atoms with Crippen LogP contribution in [-0.2, 0) is 13.6 Å². The van der Waals surface area contributed by atoms with Gasteiger partial charge in [-0.15, -0.1) is 0 Å². The normalized spacial score (nSPS) is 12.7. The average molecular weight is 284 g/mol. The number of halogens is 2. The Kier molecular flexibility index (Phi) is 4.27. The first-order chi connectivity index (χ1) is 8.58. The fourth-order valence-electron chi connectivity index (χ4n) is 1.80. The summed E-state index contributed by atoms with van der Waals surface area (Å²) in [6.45, 7) is 2.82. The number of hydrogen-bond donors (Lipinski definition) is 1. The Hall–Kier alpha value is -1.03. The largest absolute Gasteiger partial charge is 0.305 e. The minimum Gasteiger partial charge on any atom is -0.305 e. The fraction of sp³-hybridized carbons (Fsp3) is 0.308. The first kappa shape index (κ1) is 13.4. The maximum atomic E-state index is 6.17. The van der Waals surface area contributed by atoms with Crippen molar-refractivity contribution >= 4 is 23.2 Å². The molecule has 3 nitrogen and oxygen atoms in total. The first-order valence-corrected chi connectivity index (χ1v) is 6.48. The summed E-state index contributed by atoms with van der Waals surface area (Å²) < 4.78 is 1.85. The third-order valence-corrected chi connectivity index (χ3v) is 3.50. The van der Waals surface area contributed by atoms with Crippen LogP contribution in [0.4, 0.5) is 0 Å². The van der Waals surface area contributed by atoms with Gasteiger partial charge in [-0.1, -0.05) is 29.3 Å². The molecule has 0 unspecified atom stereocenters. The highest BCUT2D eigenvalue weighted by atomic mass is 35.5. The van der Waals surface area contributed by atoms with E-state index < -0.39 is 0 Å². The van der Waals surface area contributed by atoms with Crippen molar-refractivity contribution in [3.8, 4) is 0 Å². The molecule has 0 aliphatic rings. The van der Waals surface area contributed by atoms with Crippen LogP contribution in [0.1, 0.15) is 24.2 Å². The lowest BCUT2D eigenvalue weighted by Crippen LogP contribution is -2.20. The molecular formula is C13H15Cl2N3. The summed E-state index contributed by atoms with van der Waals surface area (Å²) in [6.07, 6.45) is 1.79. The number of aromatic nitrogens is 2. The molecule has 96 valence electrons. The highest BCUT2D eigenvalue weighted by Crippen LogP contribution is 2.26. The molecule has 0 fully saturated rings. The standard InChI is InChI=1S/C13H15Cl2N3/c1-9(12-4-3-10(14)7-13(12)15)16-8-11-5-6-17-18(11)2/h3-7,9,16H,8H2,1-2H3/t9-/m0/s1. The topological polar surface area (TPSA) is 29.9 Å². The number of aryl methyl sites for hydroxylation is 1. The van der Waals surface area contributed by atoms with Gasteiger partial charge in [0.1, 0.15) is 0 Å². The maximum absolute atomic E-state index is 6.17. The van der Waals surface area contributed by atoms with Crippen LogP contribution in [0, 0.1) is 0 Å². The Morgan fingerprint density at radius 1 is 1.33 bits per heavy atom. The Bertz CT molecular complexity index is 537. The summed E-state index contributed by atoms with van der Waals surface area (Å²) in [5, 5.41) is 8.89. The molecule has 0 amide bonds. The number of rotatable bonds is 4. The zero-order valence-corrected chi connectivity index (χ0v) is 11.8. The summed E-state index contributed by atoms with van der Waals surface area (Å²) >= 11 is 12.1. The van der Waals surface area contributed by atoms with Gasteiger partial charge in [-0.25, -0.2) is 0 Å². The van der Waals surface area contributed by atoms with E-state index >= 15 is 0 Å². The van der Waals surface area contributed by atoms with E-state index in [1.165, 1.54) is 0 Å². The zero-order chi connectivity index (χ0) is 13.1. The Balaban J connectivity index is 2.03. The summed E-state index contributed by atoms with van der Waals surface area (Å²) in [6, 6.07) is 7.71. The molecular weight excluding hydrogens is 269 g/mol. The highest BCUT2D eigenvalue weighted by Gasteiger charge is 2.10. The minimum atomic E-state index is 0.157. The molecule has 0 aliphatic carbocycles. The molecule has 1 aromatic heterocycles. The molecule has 0 radical (unpaired) electrons. The van der Waals surface area contributed by atoms with E-state index in [1.54, 1.807) is 12.3 Å². The molecule has 1 aromatic carbocycles. The number of nitrogens with one attached hydrogen (secondary N) is 1. The molecule has 5 heteroatoms. The molecule has 2 rings (SSSR count). The van der Waals surface area contributed by atoms with Crippen molar-refractivity contribution in [2.75, 3.05) is 0 Å². The van der Waals surface area contributed by atoms with Crippen LogP contribution >= 0.6 is 23.2 Å². The van der Waals surface area contributed by atoms with Gasteiger partial charge in [-0.2, -0.15) is 5.10 Å². The molecule has 0 bridgehead atoms. The second kappa shape index (κ2) is 5.74. The van der Waals surface area contributed by atoms with E-state index in [2.05, 4.69) is 17.3 Å². The van der Waals surface area contributed by atoms with Crippen molar-refractivity contribution in [2.45, 2.75) is 19.5 Å². The van der Waals surface area contributed by atoms with Gasteiger partial charge in [0.15, 0.2) is 0 Å². The van der Waals surface area contributed by atoms with Crippen LogP contribution in [-0.4, -0.2) is 9.78 Å². The van der Waals surface area contributed by atoms with Gasteiger partial charge in [-0.3, -0.25) is 4.68 Å². The van der Waals surface area contributed by atoms with Gasteiger partial charge in [0.2, 0.25) is 0 Å². The van der Waals surface area contributed by atoms with Crippen LogP contribution in [0.5, 0.6) is 0 Å². The monoisotopic (exact) mass is 283 g/mol. The van der Waals surface area contributed by atoms with Crippen LogP contribution in [0.15, 0.2) is 30.5 Å². The molecule has 1 N–H and O–H groups in total. The smallest absolute Gasteiger partial charge is 0.0518 e. The third-order valence-electron chi connectivity index (χ3n) is 2.94. The SMILES string of the molecule is C[C@H](NCc1ccnn1C)c1ccc(Cl)cc1Cl. The Morgan fingerprint density at radius 2 is 2.11 bits per heavy atom. The average Bonchev–Trinajstić information content (AvgIpc) is 2.72. The fourth-order valence-corrected chi connectivity index (χ4v) is 2.37. The minimum absolute atomic E-state index is 0.157. The van der Waals surface area contributed by atoms with Gasteiger partial charge >= 0.3 is 0 Å². The summed E-state index contributed by atoms with van der Waals surface area (Å²) in [4.78, 5) is 0. The molecule has 2 aromatic rings. The summed E-state index contributed by atoms with van der Waals surface area (Å²) in [7, 11) is 1.93. The summed E-state index contributed by atoms with van der Waals surface area (Å²) in [5.74, 6) is 0. The zero-order valence-electron chi connectivity index (χ0n) is 10.3. The maximum Gasteiger partial charge on any atom is 0.0518 e. The predicted molar refractivity (Wildman–Crippen MR) is 74.9 cm³/mol. The number of nitrogens with zero attached hydrogens (tertiary/aromatic N) is 2. The summed E-state index contributed by atoms with van der Waals surface area (Å²) in [5.41, 5.74) is 2.18. The Morgan fingerprint density at radius 3 is 2.72 bits per heavy atom. The van der Waals surface area contributed by atoms with Gasteiger partial charge < -0.3 is 5.32 Å². The predicted octanol–water partition coefficient (Wildman–Crippen LogP) is 3.58. The van der Waals surface area contributed by atoms with Gasteiger partial charge in [-0.05, 0) is 30.7 Å². The lowest BCUT2D eigenvalue weighted by molar-refractivity contribution is 0.548. The molecule has 0 spiro atoms. The van der Waals surface area contributed by atoms with Crippen molar-refractivity contribution in [1.29, 1.82) is 0 Å². The van der Waals surface area contributed by atoms with Gasteiger partial charge in [0, 0.05) is 35.9 Å². The second-order valence-electron chi connectivity index (χ2n) is 4.21. The van der Waals surface area contributed by atoms with E-state index in [4.69, 9.17) is 23.2 Å². The van der Waals surface area contributed by atoms with E-state index in [1.807, 2.05) is 29.9 Å². The lowest BCUT2D eigenvalue weighted by atomic mass is 10.1. The first-order valence-electron chi connectivity index (χ1n) is 5.73. The molecule has 1 atom stereocenters. The van der Waals surface area contributed by atoms with Crippen LogP contribution in [0.3, 0.4) is 0 Å².